The van der Waals surface area contributed by atoms with Gasteiger partial charge in [-0.15, -0.1) is 0 Å². The van der Waals surface area contributed by atoms with E-state index in [1.54, 1.807) is 0 Å². The van der Waals surface area contributed by atoms with Gasteiger partial charge in [0.1, 0.15) is 5.75 Å². The zero-order valence-electron chi connectivity index (χ0n) is 16.5. The number of aromatic nitrogens is 1. The van der Waals surface area contributed by atoms with Gasteiger partial charge in [0.25, 0.3) is 0 Å². The normalized spacial score (nSPS) is 11.0. The lowest BCUT2D eigenvalue weighted by Crippen LogP contribution is -2.13. The SMILES string of the molecule is Cc1cc(C(=O)COc2cccc3ccccc23)c(C)n1Cc1ccccc1Cl. The van der Waals surface area contributed by atoms with Crippen LogP contribution in [0.2, 0.25) is 5.02 Å². The van der Waals surface area contributed by atoms with Gasteiger partial charge >= 0.3 is 0 Å². The molecule has 0 bridgehead atoms. The molecule has 146 valence electrons. The van der Waals surface area contributed by atoms with Crippen molar-refractivity contribution in [2.45, 2.75) is 20.4 Å². The van der Waals surface area contributed by atoms with E-state index in [9.17, 15) is 4.79 Å². The number of carbonyl (C=O) groups excluding carboxylic acids is 1. The van der Waals surface area contributed by atoms with E-state index < -0.39 is 0 Å². The van der Waals surface area contributed by atoms with Crippen molar-refractivity contribution in [1.29, 1.82) is 0 Å². The van der Waals surface area contributed by atoms with E-state index in [2.05, 4.69) is 4.57 Å². The van der Waals surface area contributed by atoms with Gasteiger partial charge in [-0.25, -0.2) is 0 Å². The molecule has 3 aromatic carbocycles. The number of ether oxygens (including phenoxy) is 1. The second-order valence-electron chi connectivity index (χ2n) is 7.15. The van der Waals surface area contributed by atoms with Crippen LogP contribution in [0.15, 0.2) is 72.8 Å². The third-order valence-electron chi connectivity index (χ3n) is 5.27. The zero-order chi connectivity index (χ0) is 20.4. The number of hydrogen-bond donors (Lipinski definition) is 0. The molecule has 0 aliphatic heterocycles. The molecule has 1 aromatic heterocycles. The lowest BCUT2D eigenvalue weighted by Gasteiger charge is -2.12. The van der Waals surface area contributed by atoms with Gasteiger partial charge < -0.3 is 9.30 Å². The summed E-state index contributed by atoms with van der Waals surface area (Å²) in [6.07, 6.45) is 0. The molecule has 0 radical (unpaired) electrons. The Morgan fingerprint density at radius 2 is 1.69 bits per heavy atom. The van der Waals surface area contributed by atoms with Crippen LogP contribution in [-0.4, -0.2) is 17.0 Å². The molecule has 0 aliphatic rings. The standard InChI is InChI=1S/C25H22ClNO2/c1-17-14-22(18(2)27(17)15-20-9-4-6-12-23(20)26)24(28)16-29-25-13-7-10-19-8-3-5-11-21(19)25/h3-14H,15-16H2,1-2H3. The fourth-order valence-electron chi connectivity index (χ4n) is 3.67. The largest absolute Gasteiger partial charge is 0.485 e. The number of Topliss-reactive ketones (excluding diaryl/α,β-unsaturated/α-hetero) is 1. The monoisotopic (exact) mass is 403 g/mol. The van der Waals surface area contributed by atoms with E-state index in [1.165, 1.54) is 0 Å². The summed E-state index contributed by atoms with van der Waals surface area (Å²) in [5.41, 5.74) is 3.67. The van der Waals surface area contributed by atoms with E-state index in [4.69, 9.17) is 16.3 Å². The Kier molecular flexibility index (Phi) is 5.41. The molecule has 0 fully saturated rings. The highest BCUT2D eigenvalue weighted by atomic mass is 35.5. The molecule has 1 heterocycles. The molecular formula is C25H22ClNO2. The summed E-state index contributed by atoms with van der Waals surface area (Å²) < 4.78 is 8.01. The molecule has 0 spiro atoms. The van der Waals surface area contributed by atoms with E-state index in [1.807, 2.05) is 86.6 Å². The number of rotatable bonds is 6. The predicted octanol–water partition coefficient (Wildman–Crippen LogP) is 6.22. The van der Waals surface area contributed by atoms with Gasteiger partial charge in [0.05, 0.1) is 0 Å². The van der Waals surface area contributed by atoms with Gasteiger partial charge in [-0.3, -0.25) is 4.79 Å². The summed E-state index contributed by atoms with van der Waals surface area (Å²) in [7, 11) is 0. The first-order valence-corrected chi connectivity index (χ1v) is 9.96. The van der Waals surface area contributed by atoms with Crippen LogP contribution in [0.5, 0.6) is 5.75 Å². The van der Waals surface area contributed by atoms with Crippen molar-refractivity contribution in [3.63, 3.8) is 0 Å². The molecule has 0 saturated carbocycles. The predicted molar refractivity (Wildman–Crippen MR) is 118 cm³/mol. The third kappa shape index (κ3) is 3.92. The van der Waals surface area contributed by atoms with Crippen LogP contribution >= 0.6 is 11.6 Å². The van der Waals surface area contributed by atoms with Crippen LogP contribution in [0, 0.1) is 13.8 Å². The van der Waals surface area contributed by atoms with Crippen LogP contribution < -0.4 is 4.74 Å². The topological polar surface area (TPSA) is 31.2 Å². The summed E-state index contributed by atoms with van der Waals surface area (Å²) in [4.78, 5) is 12.9. The Balaban J connectivity index is 1.54. The summed E-state index contributed by atoms with van der Waals surface area (Å²) in [5.74, 6) is 0.692. The molecule has 0 amide bonds. The van der Waals surface area contributed by atoms with Crippen LogP contribution in [0.1, 0.15) is 27.3 Å². The molecule has 0 atom stereocenters. The molecule has 3 nitrogen and oxygen atoms in total. The molecule has 4 rings (SSSR count). The lowest BCUT2D eigenvalue weighted by molar-refractivity contribution is 0.0922. The Bertz CT molecular complexity index is 1190. The fraction of sp³-hybridized carbons (Fsp3) is 0.160. The summed E-state index contributed by atoms with van der Waals surface area (Å²) >= 11 is 6.31. The van der Waals surface area contributed by atoms with Gasteiger partial charge in [-0.2, -0.15) is 0 Å². The smallest absolute Gasteiger partial charge is 0.202 e. The second-order valence-corrected chi connectivity index (χ2v) is 7.56. The lowest BCUT2D eigenvalue weighted by atomic mass is 10.1. The van der Waals surface area contributed by atoms with Crippen molar-refractivity contribution in [2.24, 2.45) is 0 Å². The van der Waals surface area contributed by atoms with Gasteiger partial charge in [0.15, 0.2) is 6.61 Å². The quantitative estimate of drug-likeness (QED) is 0.358. The Hall–Kier alpha value is -3.04. The molecule has 0 aliphatic carbocycles. The highest BCUT2D eigenvalue weighted by Gasteiger charge is 2.17. The molecule has 0 N–H and O–H groups in total. The van der Waals surface area contributed by atoms with Crippen molar-refractivity contribution < 1.29 is 9.53 Å². The van der Waals surface area contributed by atoms with Crippen molar-refractivity contribution in [3.05, 3.63) is 100 Å². The highest BCUT2D eigenvalue weighted by Crippen LogP contribution is 2.26. The maximum atomic E-state index is 12.9. The van der Waals surface area contributed by atoms with Crippen molar-refractivity contribution in [3.8, 4) is 5.75 Å². The average Bonchev–Trinajstić information content (AvgIpc) is 3.02. The third-order valence-corrected chi connectivity index (χ3v) is 5.64. The van der Waals surface area contributed by atoms with E-state index in [0.717, 1.165) is 38.5 Å². The van der Waals surface area contributed by atoms with Gasteiger partial charge in [0, 0.05) is 33.9 Å². The van der Waals surface area contributed by atoms with Crippen LogP contribution in [-0.2, 0) is 6.54 Å². The first-order chi connectivity index (χ1) is 14.0. The summed E-state index contributed by atoms with van der Waals surface area (Å²) in [6.45, 7) is 4.61. The Labute approximate surface area is 175 Å². The van der Waals surface area contributed by atoms with Crippen molar-refractivity contribution in [2.75, 3.05) is 6.61 Å². The first kappa shape index (κ1) is 19.3. The zero-order valence-corrected chi connectivity index (χ0v) is 17.2. The Morgan fingerprint density at radius 1 is 0.966 bits per heavy atom. The number of fused-ring (bicyclic) bond motifs is 1. The van der Waals surface area contributed by atoms with Crippen molar-refractivity contribution >= 4 is 28.2 Å². The maximum Gasteiger partial charge on any atom is 0.202 e. The molecule has 4 heteroatoms. The second kappa shape index (κ2) is 8.14. The number of carbonyl (C=O) groups is 1. The number of benzene rings is 3. The van der Waals surface area contributed by atoms with Crippen LogP contribution in [0.3, 0.4) is 0 Å². The minimum atomic E-state index is -0.0311. The van der Waals surface area contributed by atoms with Gasteiger partial charge in [-0.05, 0) is 43.0 Å². The minimum Gasteiger partial charge on any atom is -0.485 e. The molecule has 4 aromatic rings. The average molecular weight is 404 g/mol. The number of halogens is 1. The van der Waals surface area contributed by atoms with E-state index in [-0.39, 0.29) is 12.4 Å². The number of aryl methyl sites for hydroxylation is 1. The maximum absolute atomic E-state index is 12.9. The molecule has 29 heavy (non-hydrogen) atoms. The van der Waals surface area contributed by atoms with Crippen LogP contribution in [0.4, 0.5) is 0 Å². The van der Waals surface area contributed by atoms with E-state index in [0.29, 0.717) is 12.1 Å². The summed E-state index contributed by atoms with van der Waals surface area (Å²) in [6, 6.07) is 23.6. The minimum absolute atomic E-state index is 0.00436. The Morgan fingerprint density at radius 3 is 2.52 bits per heavy atom. The van der Waals surface area contributed by atoms with E-state index >= 15 is 0 Å². The van der Waals surface area contributed by atoms with Gasteiger partial charge in [-0.1, -0.05) is 66.2 Å². The molecule has 0 unspecified atom stereocenters. The van der Waals surface area contributed by atoms with Crippen molar-refractivity contribution in [1.82, 2.24) is 4.57 Å². The fourth-order valence-corrected chi connectivity index (χ4v) is 3.86. The van der Waals surface area contributed by atoms with Gasteiger partial charge in [0.2, 0.25) is 5.78 Å². The number of hydrogen-bond acceptors (Lipinski definition) is 2. The highest BCUT2D eigenvalue weighted by molar-refractivity contribution is 6.31. The molecule has 0 saturated heterocycles. The summed E-state index contributed by atoms with van der Waals surface area (Å²) in [5, 5.41) is 2.83. The number of ketones is 1. The first-order valence-electron chi connectivity index (χ1n) is 9.58. The number of nitrogens with zero attached hydrogens (tertiary/aromatic N) is 1. The molecular weight excluding hydrogens is 382 g/mol. The van der Waals surface area contributed by atoms with Crippen LogP contribution in [0.25, 0.3) is 10.8 Å².